The number of carboxylic acid groups (broad SMARTS) is 1. The molecular formula is C24H40O4. The summed E-state index contributed by atoms with van der Waals surface area (Å²) >= 11 is 0. The van der Waals surface area contributed by atoms with Crippen LogP contribution >= 0.6 is 0 Å². The summed E-state index contributed by atoms with van der Waals surface area (Å²) in [7, 11) is 0. The largest absolute Gasteiger partial charge is 0.481 e. The molecule has 0 heterocycles. The Morgan fingerprint density at radius 3 is 2.14 bits per heavy atom. The minimum atomic E-state index is -0.963. The Bertz CT molecular complexity index is 477. The quantitative estimate of drug-likeness (QED) is 0.162. The maximum Gasteiger partial charge on any atom is 0.306 e. The summed E-state index contributed by atoms with van der Waals surface area (Å²) in [5.41, 5.74) is 0. The number of carbonyl (C=O) groups excluding carboxylic acids is 1. The van der Waals surface area contributed by atoms with E-state index >= 15 is 0 Å². The summed E-state index contributed by atoms with van der Waals surface area (Å²) in [6.45, 7) is 4.67. The van der Waals surface area contributed by atoms with Crippen LogP contribution in [0.4, 0.5) is 0 Å². The first-order valence-corrected chi connectivity index (χ1v) is 10.9. The average Bonchev–Trinajstić information content (AvgIpc) is 2.68. The van der Waals surface area contributed by atoms with Gasteiger partial charge >= 0.3 is 11.9 Å². The van der Waals surface area contributed by atoms with Crippen molar-refractivity contribution < 1.29 is 19.4 Å². The van der Waals surface area contributed by atoms with Crippen molar-refractivity contribution in [2.75, 3.05) is 6.61 Å². The number of aliphatic carboxylic acids is 1. The summed E-state index contributed by atoms with van der Waals surface area (Å²) in [5.74, 6) is -0.984. The highest BCUT2D eigenvalue weighted by atomic mass is 16.5. The van der Waals surface area contributed by atoms with E-state index in [1.54, 1.807) is 0 Å². The predicted molar refractivity (Wildman–Crippen MR) is 116 cm³/mol. The van der Waals surface area contributed by atoms with Crippen LogP contribution in [-0.4, -0.2) is 23.7 Å². The van der Waals surface area contributed by atoms with Gasteiger partial charge < -0.3 is 9.84 Å². The molecule has 0 saturated carbocycles. The maximum absolute atomic E-state index is 11.5. The lowest BCUT2D eigenvalue weighted by Gasteiger charge is -2.14. The molecule has 4 nitrogen and oxygen atoms in total. The summed E-state index contributed by atoms with van der Waals surface area (Å²) in [4.78, 5) is 21.9. The second kappa shape index (κ2) is 19.9. The van der Waals surface area contributed by atoms with Crippen LogP contribution in [0.25, 0.3) is 0 Å². The summed E-state index contributed by atoms with van der Waals surface area (Å²) in [5, 5.41) is 8.56. The van der Waals surface area contributed by atoms with Gasteiger partial charge in [0, 0.05) is 0 Å². The zero-order chi connectivity index (χ0) is 20.9. The lowest BCUT2D eigenvalue weighted by Crippen LogP contribution is -2.14. The zero-order valence-corrected chi connectivity index (χ0v) is 17.9. The molecular weight excluding hydrogens is 352 g/mol. The van der Waals surface area contributed by atoms with Crippen LogP contribution in [0.5, 0.6) is 0 Å². The highest BCUT2D eigenvalue weighted by Gasteiger charge is 2.11. The van der Waals surface area contributed by atoms with E-state index in [0.717, 1.165) is 44.9 Å². The van der Waals surface area contributed by atoms with E-state index in [-0.39, 0.29) is 12.8 Å². The Labute approximate surface area is 171 Å². The number of rotatable bonds is 18. The zero-order valence-electron chi connectivity index (χ0n) is 17.9. The summed E-state index contributed by atoms with van der Waals surface area (Å²) in [6, 6.07) is 0. The number of hydrogen-bond acceptors (Lipinski definition) is 3. The van der Waals surface area contributed by atoms with Gasteiger partial charge in [-0.3, -0.25) is 9.59 Å². The van der Waals surface area contributed by atoms with Crippen molar-refractivity contribution >= 4 is 11.9 Å². The molecule has 160 valence electrons. The molecule has 0 bridgehead atoms. The van der Waals surface area contributed by atoms with Crippen LogP contribution in [0.3, 0.4) is 0 Å². The smallest absolute Gasteiger partial charge is 0.306 e. The van der Waals surface area contributed by atoms with Crippen LogP contribution in [0, 0.1) is 5.92 Å². The number of allylic oxidation sites excluding steroid dienone is 6. The number of esters is 1. The number of hydrogen-bond donors (Lipinski definition) is 1. The number of carbonyl (C=O) groups is 2. The van der Waals surface area contributed by atoms with E-state index in [0.29, 0.717) is 12.5 Å². The van der Waals surface area contributed by atoms with Gasteiger partial charge in [-0.2, -0.15) is 0 Å². The van der Waals surface area contributed by atoms with E-state index in [2.05, 4.69) is 50.3 Å². The Morgan fingerprint density at radius 1 is 0.857 bits per heavy atom. The predicted octanol–water partition coefficient (Wildman–Crippen LogP) is 6.62. The fourth-order valence-electron chi connectivity index (χ4n) is 2.77. The molecule has 0 aromatic carbocycles. The average molecular weight is 393 g/mol. The standard InChI is InChI=1S/C24H40O4/c1-3-5-6-7-8-9-10-11-12-13-14-15-16-17-18-22(4-2)21-28-24(27)20-19-23(25)26/h5-6,8-9,11-12,22H,3-4,7,10,13-21H2,1-2H3,(H,25,26)/b6-5-,9-8-,12-11-. The van der Waals surface area contributed by atoms with E-state index in [9.17, 15) is 9.59 Å². The molecule has 0 aliphatic rings. The van der Waals surface area contributed by atoms with Gasteiger partial charge in [0.2, 0.25) is 0 Å². The Hall–Kier alpha value is -1.84. The van der Waals surface area contributed by atoms with Gasteiger partial charge in [0.05, 0.1) is 19.4 Å². The molecule has 1 unspecified atom stereocenters. The minimum absolute atomic E-state index is 0.0367. The third-order valence-corrected chi connectivity index (χ3v) is 4.61. The van der Waals surface area contributed by atoms with Crippen molar-refractivity contribution in [3.8, 4) is 0 Å². The van der Waals surface area contributed by atoms with Gasteiger partial charge in [-0.05, 0) is 44.4 Å². The van der Waals surface area contributed by atoms with Gasteiger partial charge in [0.1, 0.15) is 0 Å². The Balaban J connectivity index is 3.59. The lowest BCUT2D eigenvalue weighted by atomic mass is 9.99. The number of unbranched alkanes of at least 4 members (excludes halogenated alkanes) is 4. The SMILES string of the molecule is CC/C=C\C/C=C\C/C=C\CCCCCCC(CC)COC(=O)CCC(=O)O. The molecule has 0 aliphatic carbocycles. The van der Waals surface area contributed by atoms with Crippen molar-refractivity contribution in [1.82, 2.24) is 0 Å². The van der Waals surface area contributed by atoms with Crippen molar-refractivity contribution in [2.45, 2.75) is 90.9 Å². The van der Waals surface area contributed by atoms with E-state index < -0.39 is 11.9 Å². The molecule has 1 atom stereocenters. The normalized spacial score (nSPS) is 12.9. The van der Waals surface area contributed by atoms with Crippen LogP contribution in [-0.2, 0) is 14.3 Å². The molecule has 0 aromatic rings. The third kappa shape index (κ3) is 18.9. The first-order valence-electron chi connectivity index (χ1n) is 10.9. The van der Waals surface area contributed by atoms with Gasteiger partial charge in [-0.15, -0.1) is 0 Å². The molecule has 0 spiro atoms. The highest BCUT2D eigenvalue weighted by molar-refractivity contribution is 5.76. The third-order valence-electron chi connectivity index (χ3n) is 4.61. The van der Waals surface area contributed by atoms with Crippen molar-refractivity contribution in [3.63, 3.8) is 0 Å². The fourth-order valence-corrected chi connectivity index (χ4v) is 2.77. The molecule has 28 heavy (non-hydrogen) atoms. The van der Waals surface area contributed by atoms with Crippen molar-refractivity contribution in [2.24, 2.45) is 5.92 Å². The van der Waals surface area contributed by atoms with E-state index in [1.807, 2.05) is 0 Å². The van der Waals surface area contributed by atoms with Crippen molar-refractivity contribution in [3.05, 3.63) is 36.5 Å². The molecule has 4 heteroatoms. The van der Waals surface area contributed by atoms with Crippen LogP contribution in [0.15, 0.2) is 36.5 Å². The van der Waals surface area contributed by atoms with Gasteiger partial charge in [0.25, 0.3) is 0 Å². The first-order chi connectivity index (χ1) is 13.6. The van der Waals surface area contributed by atoms with E-state index in [4.69, 9.17) is 9.84 Å². The molecule has 0 saturated heterocycles. The van der Waals surface area contributed by atoms with Crippen LogP contribution in [0.2, 0.25) is 0 Å². The first kappa shape index (κ1) is 26.2. The van der Waals surface area contributed by atoms with Gasteiger partial charge in [0.15, 0.2) is 0 Å². The molecule has 0 aliphatic heterocycles. The second-order valence-electron chi connectivity index (χ2n) is 7.14. The summed E-state index contributed by atoms with van der Waals surface area (Å²) < 4.78 is 5.19. The summed E-state index contributed by atoms with van der Waals surface area (Å²) in [6.07, 6.45) is 24.3. The van der Waals surface area contributed by atoms with Crippen LogP contribution < -0.4 is 0 Å². The topological polar surface area (TPSA) is 63.6 Å². The molecule has 0 rings (SSSR count). The number of carboxylic acids is 1. The van der Waals surface area contributed by atoms with Crippen molar-refractivity contribution in [1.29, 1.82) is 0 Å². The van der Waals surface area contributed by atoms with Gasteiger partial charge in [-0.1, -0.05) is 76.0 Å². The second-order valence-corrected chi connectivity index (χ2v) is 7.14. The molecule has 0 aromatic heterocycles. The minimum Gasteiger partial charge on any atom is -0.481 e. The maximum atomic E-state index is 11.5. The Kier molecular flexibility index (Phi) is 18.6. The lowest BCUT2D eigenvalue weighted by molar-refractivity contribution is -0.148. The highest BCUT2D eigenvalue weighted by Crippen LogP contribution is 2.16. The Morgan fingerprint density at radius 2 is 1.50 bits per heavy atom. The monoisotopic (exact) mass is 392 g/mol. The van der Waals surface area contributed by atoms with Crippen LogP contribution in [0.1, 0.15) is 90.9 Å². The molecule has 0 radical (unpaired) electrons. The molecule has 1 N–H and O–H groups in total. The van der Waals surface area contributed by atoms with Gasteiger partial charge in [-0.25, -0.2) is 0 Å². The van der Waals surface area contributed by atoms with E-state index in [1.165, 1.54) is 19.3 Å². The molecule has 0 amide bonds. The number of ether oxygens (including phenoxy) is 1. The molecule has 0 fully saturated rings. The fraction of sp³-hybridized carbons (Fsp3) is 0.667.